The average Bonchev–Trinajstić information content (AvgIpc) is 2.19. The van der Waals surface area contributed by atoms with Crippen LogP contribution in [-0.2, 0) is 25.8 Å². The largest absolute Gasteiger partial charge is 0.663 e. The third-order valence-corrected chi connectivity index (χ3v) is 0.894. The van der Waals surface area contributed by atoms with E-state index in [1.54, 1.807) is 27.7 Å². The summed E-state index contributed by atoms with van der Waals surface area (Å²) in [6.45, 7) is 18.9. The first-order valence-electron chi connectivity index (χ1n) is 6.92. The summed E-state index contributed by atoms with van der Waals surface area (Å²) in [6.07, 6.45) is -0.333. The molecule has 4 nitrogen and oxygen atoms in total. The Kier molecular flexibility index (Phi) is 61.0. The summed E-state index contributed by atoms with van der Waals surface area (Å²) in [5.74, 6) is 0. The van der Waals surface area contributed by atoms with Gasteiger partial charge in [0.2, 0.25) is 0 Å². The van der Waals surface area contributed by atoms with E-state index in [0.717, 1.165) is 26.2 Å². The number of aliphatic hydroxyl groups excluding tert-OH is 2. The molecule has 0 aliphatic carbocycles. The van der Waals surface area contributed by atoms with E-state index in [0.29, 0.717) is 0 Å². The van der Waals surface area contributed by atoms with E-state index in [4.69, 9.17) is 10.2 Å². The second-order valence-electron chi connectivity index (χ2n) is 3.90. The Morgan fingerprint density at radius 3 is 0.737 bits per heavy atom. The Morgan fingerprint density at radius 2 is 0.737 bits per heavy atom. The zero-order valence-electron chi connectivity index (χ0n) is 14.3. The van der Waals surface area contributed by atoms with Crippen LogP contribution in [0.4, 0.5) is 0 Å². The first kappa shape index (κ1) is 31.9. The molecule has 0 bridgehead atoms. The van der Waals surface area contributed by atoms with E-state index in [-0.39, 0.29) is 38.1 Å². The quantitative estimate of drug-likeness (QED) is 0.653. The molecule has 120 valence electrons. The summed E-state index contributed by atoms with van der Waals surface area (Å²) >= 11 is 0. The van der Waals surface area contributed by atoms with Gasteiger partial charge in [0, 0.05) is 38.1 Å². The van der Waals surface area contributed by atoms with Crippen molar-refractivity contribution in [1.29, 1.82) is 0 Å². The van der Waals surface area contributed by atoms with E-state index < -0.39 is 0 Å². The summed E-state index contributed by atoms with van der Waals surface area (Å²) in [6, 6.07) is 0. The van der Waals surface area contributed by atoms with Crippen molar-refractivity contribution in [2.24, 2.45) is 0 Å². The predicted molar refractivity (Wildman–Crippen MR) is 83.6 cm³/mol. The number of rotatable bonds is 4. The monoisotopic (exact) mass is 444 g/mol. The molecule has 0 rings (SSSR count). The van der Waals surface area contributed by atoms with Crippen LogP contribution in [0.25, 0.3) is 10.6 Å². The van der Waals surface area contributed by atoms with Crippen LogP contribution in [0, 0.1) is 0 Å². The molecule has 0 saturated carbocycles. The van der Waals surface area contributed by atoms with Crippen LogP contribution in [0.15, 0.2) is 0 Å². The molecule has 5 heteroatoms. The molecule has 2 N–H and O–H groups in total. The molecule has 0 unspecified atom stereocenters. The number of hydrogen-bond acceptors (Lipinski definition) is 2. The summed E-state index contributed by atoms with van der Waals surface area (Å²) in [5, 5.41) is 24.1. The van der Waals surface area contributed by atoms with E-state index in [1.807, 2.05) is 27.7 Å². The Balaban J connectivity index is -0.0000000453. The van der Waals surface area contributed by atoms with Gasteiger partial charge >= 0.3 is 0 Å². The summed E-state index contributed by atoms with van der Waals surface area (Å²) in [7, 11) is 0. The first-order chi connectivity index (χ1) is 8.29. The minimum atomic E-state index is -0.167. The van der Waals surface area contributed by atoms with Crippen molar-refractivity contribution in [3.05, 3.63) is 10.6 Å². The van der Waals surface area contributed by atoms with Crippen LogP contribution in [-0.4, -0.2) is 48.6 Å². The van der Waals surface area contributed by atoms with E-state index in [9.17, 15) is 0 Å². The molecule has 0 aliphatic rings. The van der Waals surface area contributed by atoms with Crippen LogP contribution in [0.2, 0.25) is 0 Å². The van der Waals surface area contributed by atoms with Crippen molar-refractivity contribution in [3.63, 3.8) is 0 Å². The van der Waals surface area contributed by atoms with Gasteiger partial charge in [0.05, 0.1) is 0 Å². The maximum absolute atomic E-state index is 8.06. The minimum absolute atomic E-state index is 0. The predicted octanol–water partition coefficient (Wildman–Crippen LogP) is 3.57. The second-order valence-corrected chi connectivity index (χ2v) is 3.90. The Bertz CT molecular complexity index is 83.9. The Hall–Kier alpha value is 0.710. The maximum atomic E-state index is 8.06. The van der Waals surface area contributed by atoms with Gasteiger partial charge in [-0.25, -0.2) is 0 Å². The van der Waals surface area contributed by atoms with Crippen molar-refractivity contribution in [2.45, 2.75) is 67.6 Å². The standard InChI is InChI=1S/2C4H10N.2C3H8O.Hf/c2*1-3-5-4-2;2*1-3(2)4;/h2*3-4H2,1-2H3;2*3-4H,1-2H3;/q2*-1;;;. The van der Waals surface area contributed by atoms with Crippen molar-refractivity contribution in [2.75, 3.05) is 26.2 Å². The van der Waals surface area contributed by atoms with Crippen molar-refractivity contribution in [1.82, 2.24) is 0 Å². The normalized spacial score (nSPS) is 8.21. The molecule has 0 atom stereocenters. The average molecular weight is 443 g/mol. The van der Waals surface area contributed by atoms with Gasteiger partial charge in [0.15, 0.2) is 0 Å². The molecule has 0 aromatic carbocycles. The fourth-order valence-corrected chi connectivity index (χ4v) is 0.447. The third kappa shape index (κ3) is 235. The second kappa shape index (κ2) is 36.3. The smallest absolute Gasteiger partial charge is 0.0483 e. The van der Waals surface area contributed by atoms with Crippen LogP contribution in [0.5, 0.6) is 0 Å². The van der Waals surface area contributed by atoms with Crippen LogP contribution < -0.4 is 0 Å². The minimum Gasteiger partial charge on any atom is -0.663 e. The molecule has 0 spiro atoms. The van der Waals surface area contributed by atoms with Gasteiger partial charge < -0.3 is 20.8 Å². The van der Waals surface area contributed by atoms with Gasteiger partial charge in [-0.1, -0.05) is 27.7 Å². The molecule has 0 aromatic rings. The summed E-state index contributed by atoms with van der Waals surface area (Å²) < 4.78 is 0. The maximum Gasteiger partial charge on any atom is 0.0483 e. The molecule has 0 radical (unpaired) electrons. The van der Waals surface area contributed by atoms with Crippen molar-refractivity contribution < 1.29 is 36.1 Å². The van der Waals surface area contributed by atoms with Gasteiger partial charge in [-0.2, -0.15) is 26.2 Å². The van der Waals surface area contributed by atoms with Crippen molar-refractivity contribution >= 4 is 0 Å². The molecule has 0 fully saturated rings. The molecule has 0 heterocycles. The zero-order chi connectivity index (χ0) is 15.4. The molecule has 0 aromatic heterocycles. The molecule has 0 saturated heterocycles. The van der Waals surface area contributed by atoms with Crippen LogP contribution >= 0.6 is 0 Å². The van der Waals surface area contributed by atoms with E-state index in [1.165, 1.54) is 0 Å². The molecule has 0 aliphatic heterocycles. The van der Waals surface area contributed by atoms with Gasteiger partial charge in [-0.15, -0.1) is 0 Å². The van der Waals surface area contributed by atoms with Crippen molar-refractivity contribution in [3.8, 4) is 0 Å². The number of hydrogen-bond donors (Lipinski definition) is 2. The Labute approximate surface area is 140 Å². The molecular weight excluding hydrogens is 407 g/mol. The summed E-state index contributed by atoms with van der Waals surface area (Å²) in [4.78, 5) is 0. The third-order valence-electron chi connectivity index (χ3n) is 0.894. The Morgan fingerprint density at radius 1 is 0.632 bits per heavy atom. The molecular formula is C14H36HfN2O2-2. The molecule has 0 amide bonds. The fourth-order valence-electron chi connectivity index (χ4n) is 0.447. The van der Waals surface area contributed by atoms with E-state index in [2.05, 4.69) is 10.6 Å². The van der Waals surface area contributed by atoms with Crippen LogP contribution in [0.1, 0.15) is 55.4 Å². The van der Waals surface area contributed by atoms with Crippen LogP contribution in [0.3, 0.4) is 0 Å². The molecule has 19 heavy (non-hydrogen) atoms. The zero-order valence-corrected chi connectivity index (χ0v) is 17.9. The van der Waals surface area contributed by atoms with Gasteiger partial charge in [-0.3, -0.25) is 0 Å². The van der Waals surface area contributed by atoms with Gasteiger partial charge in [0.25, 0.3) is 0 Å². The first-order valence-corrected chi connectivity index (χ1v) is 6.92. The van der Waals surface area contributed by atoms with Gasteiger partial charge in [0.1, 0.15) is 0 Å². The topological polar surface area (TPSA) is 68.7 Å². The van der Waals surface area contributed by atoms with Gasteiger partial charge in [-0.05, 0) is 27.7 Å². The number of aliphatic hydroxyl groups is 2. The number of nitrogens with zero attached hydrogens (tertiary/aromatic N) is 2. The fraction of sp³-hybridized carbons (Fsp3) is 1.00. The van der Waals surface area contributed by atoms with E-state index >= 15 is 0 Å². The SMILES string of the molecule is CC(C)O.CC(C)O.CC[N-]CC.CC[N-]CC.[Hf]. The summed E-state index contributed by atoms with van der Waals surface area (Å²) in [5.41, 5.74) is 0.